The Balaban J connectivity index is 2.25. The first-order valence-corrected chi connectivity index (χ1v) is 6.19. The van der Waals surface area contributed by atoms with E-state index in [0.29, 0.717) is 22.4 Å². The molecule has 5 heteroatoms. The highest BCUT2D eigenvalue weighted by molar-refractivity contribution is 6.30. The first-order valence-electron chi connectivity index (χ1n) is 5.27. The van der Waals surface area contributed by atoms with Gasteiger partial charge >= 0.3 is 0 Å². The van der Waals surface area contributed by atoms with Crippen molar-refractivity contribution in [3.05, 3.63) is 41.2 Å². The van der Waals surface area contributed by atoms with Gasteiger partial charge in [0.05, 0.1) is 18.3 Å². The summed E-state index contributed by atoms with van der Waals surface area (Å²) in [5.74, 6) is 1.73. The van der Waals surface area contributed by atoms with Crippen LogP contribution in [0.15, 0.2) is 30.6 Å². The molecule has 0 aliphatic heterocycles. The molecule has 1 heterocycles. The number of rotatable bonds is 4. The van der Waals surface area contributed by atoms with Crippen LogP contribution in [-0.4, -0.2) is 9.78 Å². The third-order valence-corrected chi connectivity index (χ3v) is 2.86. The highest BCUT2D eigenvalue weighted by atomic mass is 35.5. The SMILES string of the molecule is CCn1cc(Oc2cc(Cl)ccc2CCl)cn1. The van der Waals surface area contributed by atoms with Gasteiger partial charge in [-0.15, -0.1) is 11.6 Å². The van der Waals surface area contributed by atoms with E-state index in [2.05, 4.69) is 5.10 Å². The molecular formula is C12H12Cl2N2O. The molecule has 0 spiro atoms. The molecule has 1 aromatic heterocycles. The predicted molar refractivity (Wildman–Crippen MR) is 69.0 cm³/mol. The molecule has 2 rings (SSSR count). The number of nitrogens with zero attached hydrogens (tertiary/aromatic N) is 2. The van der Waals surface area contributed by atoms with Gasteiger partial charge in [-0.3, -0.25) is 4.68 Å². The number of alkyl halides is 1. The number of halogens is 2. The Bertz CT molecular complexity index is 511. The maximum absolute atomic E-state index is 5.93. The number of aryl methyl sites for hydroxylation is 1. The molecule has 1 aromatic carbocycles. The number of hydrogen-bond donors (Lipinski definition) is 0. The molecule has 0 N–H and O–H groups in total. The van der Waals surface area contributed by atoms with Crippen molar-refractivity contribution in [2.75, 3.05) is 0 Å². The molecule has 0 radical (unpaired) electrons. The van der Waals surface area contributed by atoms with Crippen LogP contribution in [0.4, 0.5) is 0 Å². The summed E-state index contributed by atoms with van der Waals surface area (Å²) in [5.41, 5.74) is 0.903. The fourth-order valence-electron chi connectivity index (χ4n) is 1.43. The second-order valence-corrected chi connectivity index (χ2v) is 4.22. The Morgan fingerprint density at radius 3 is 2.88 bits per heavy atom. The van der Waals surface area contributed by atoms with Crippen LogP contribution in [0.3, 0.4) is 0 Å². The highest BCUT2D eigenvalue weighted by Gasteiger charge is 2.06. The molecular weight excluding hydrogens is 259 g/mol. The largest absolute Gasteiger partial charge is 0.454 e. The monoisotopic (exact) mass is 270 g/mol. The molecule has 0 aliphatic carbocycles. The normalized spacial score (nSPS) is 10.5. The zero-order chi connectivity index (χ0) is 12.3. The Kier molecular flexibility index (Phi) is 3.92. The predicted octanol–water partition coefficient (Wildman–Crippen LogP) is 4.09. The third kappa shape index (κ3) is 2.93. The molecule has 3 nitrogen and oxygen atoms in total. The first-order chi connectivity index (χ1) is 8.22. The molecule has 0 unspecified atom stereocenters. The summed E-state index contributed by atoms with van der Waals surface area (Å²) in [4.78, 5) is 0. The van der Waals surface area contributed by atoms with Gasteiger partial charge < -0.3 is 4.74 Å². The Labute approximate surface area is 110 Å². The van der Waals surface area contributed by atoms with Crippen molar-refractivity contribution in [1.29, 1.82) is 0 Å². The van der Waals surface area contributed by atoms with Gasteiger partial charge in [0.15, 0.2) is 5.75 Å². The molecule has 0 bridgehead atoms. The van der Waals surface area contributed by atoms with E-state index >= 15 is 0 Å². The number of ether oxygens (including phenoxy) is 1. The van der Waals surface area contributed by atoms with Crippen molar-refractivity contribution in [3.8, 4) is 11.5 Å². The van der Waals surface area contributed by atoms with Crippen molar-refractivity contribution in [1.82, 2.24) is 9.78 Å². The van der Waals surface area contributed by atoms with Gasteiger partial charge in [0.1, 0.15) is 5.75 Å². The number of hydrogen-bond acceptors (Lipinski definition) is 2. The van der Waals surface area contributed by atoms with Crippen LogP contribution in [-0.2, 0) is 12.4 Å². The molecule has 0 amide bonds. The first kappa shape index (κ1) is 12.3. The maximum atomic E-state index is 5.93. The van der Waals surface area contributed by atoms with E-state index in [9.17, 15) is 0 Å². The van der Waals surface area contributed by atoms with Crippen LogP contribution in [0, 0.1) is 0 Å². The van der Waals surface area contributed by atoms with E-state index in [-0.39, 0.29) is 0 Å². The Morgan fingerprint density at radius 2 is 2.24 bits per heavy atom. The van der Waals surface area contributed by atoms with Crippen LogP contribution >= 0.6 is 23.2 Å². The summed E-state index contributed by atoms with van der Waals surface area (Å²) in [7, 11) is 0. The summed E-state index contributed by atoms with van der Waals surface area (Å²) in [6.45, 7) is 2.82. The Hall–Kier alpha value is -1.19. The van der Waals surface area contributed by atoms with Crippen molar-refractivity contribution in [2.24, 2.45) is 0 Å². The topological polar surface area (TPSA) is 27.1 Å². The third-order valence-electron chi connectivity index (χ3n) is 2.33. The van der Waals surface area contributed by atoms with Gasteiger partial charge in [0.25, 0.3) is 0 Å². The molecule has 0 fully saturated rings. The minimum atomic E-state index is 0.383. The molecule has 0 saturated heterocycles. The zero-order valence-electron chi connectivity index (χ0n) is 9.36. The zero-order valence-corrected chi connectivity index (χ0v) is 10.9. The van der Waals surface area contributed by atoms with Gasteiger partial charge in [-0.1, -0.05) is 17.7 Å². The van der Waals surface area contributed by atoms with E-state index in [4.69, 9.17) is 27.9 Å². The van der Waals surface area contributed by atoms with Crippen LogP contribution in [0.1, 0.15) is 12.5 Å². The van der Waals surface area contributed by atoms with Crippen LogP contribution in [0.5, 0.6) is 11.5 Å². The second kappa shape index (κ2) is 5.43. The Morgan fingerprint density at radius 1 is 1.41 bits per heavy atom. The fourth-order valence-corrected chi connectivity index (χ4v) is 1.81. The molecule has 17 heavy (non-hydrogen) atoms. The van der Waals surface area contributed by atoms with Gasteiger partial charge in [-0.2, -0.15) is 5.10 Å². The number of benzene rings is 1. The standard InChI is InChI=1S/C12H12Cl2N2O/c1-2-16-8-11(7-15-16)17-12-5-10(14)4-3-9(12)6-13/h3-5,7-8H,2,6H2,1H3. The molecule has 90 valence electrons. The van der Waals surface area contributed by atoms with Crippen LogP contribution < -0.4 is 4.74 Å². The lowest BCUT2D eigenvalue weighted by molar-refractivity contribution is 0.477. The van der Waals surface area contributed by atoms with Crippen LogP contribution in [0.2, 0.25) is 5.02 Å². The van der Waals surface area contributed by atoms with Crippen molar-refractivity contribution >= 4 is 23.2 Å². The molecule has 2 aromatic rings. The van der Waals surface area contributed by atoms with Crippen LogP contribution in [0.25, 0.3) is 0 Å². The highest BCUT2D eigenvalue weighted by Crippen LogP contribution is 2.29. The summed E-state index contributed by atoms with van der Waals surface area (Å²) in [6, 6.07) is 5.40. The average Bonchev–Trinajstić information content (AvgIpc) is 2.77. The second-order valence-electron chi connectivity index (χ2n) is 3.52. The molecule has 0 aliphatic rings. The average molecular weight is 271 g/mol. The quantitative estimate of drug-likeness (QED) is 0.783. The van der Waals surface area contributed by atoms with E-state index in [1.807, 2.05) is 19.2 Å². The van der Waals surface area contributed by atoms with Gasteiger partial charge in [-0.25, -0.2) is 0 Å². The lowest BCUT2D eigenvalue weighted by atomic mass is 10.2. The van der Waals surface area contributed by atoms with Gasteiger partial charge in [-0.05, 0) is 19.1 Å². The minimum absolute atomic E-state index is 0.383. The van der Waals surface area contributed by atoms with E-state index < -0.39 is 0 Å². The lowest BCUT2D eigenvalue weighted by Gasteiger charge is -2.07. The van der Waals surface area contributed by atoms with E-state index in [0.717, 1.165) is 12.1 Å². The van der Waals surface area contributed by atoms with Gasteiger partial charge in [0, 0.05) is 17.1 Å². The minimum Gasteiger partial charge on any atom is -0.454 e. The van der Waals surface area contributed by atoms with Crippen molar-refractivity contribution < 1.29 is 4.74 Å². The number of aromatic nitrogens is 2. The van der Waals surface area contributed by atoms with Crippen molar-refractivity contribution in [2.45, 2.75) is 19.3 Å². The van der Waals surface area contributed by atoms with Crippen molar-refractivity contribution in [3.63, 3.8) is 0 Å². The fraction of sp³-hybridized carbons (Fsp3) is 0.250. The summed E-state index contributed by atoms with van der Waals surface area (Å²) >= 11 is 11.8. The summed E-state index contributed by atoms with van der Waals surface area (Å²) in [5, 5.41) is 4.76. The smallest absolute Gasteiger partial charge is 0.165 e. The van der Waals surface area contributed by atoms with E-state index in [1.54, 1.807) is 23.0 Å². The lowest BCUT2D eigenvalue weighted by Crippen LogP contribution is -1.92. The van der Waals surface area contributed by atoms with E-state index in [1.165, 1.54) is 0 Å². The summed E-state index contributed by atoms with van der Waals surface area (Å²) < 4.78 is 7.50. The van der Waals surface area contributed by atoms with Gasteiger partial charge in [0.2, 0.25) is 0 Å². The molecule has 0 atom stereocenters. The maximum Gasteiger partial charge on any atom is 0.165 e. The summed E-state index contributed by atoms with van der Waals surface area (Å²) in [6.07, 6.45) is 3.50. The molecule has 0 saturated carbocycles.